The monoisotopic (exact) mass is 668 g/mol. The van der Waals surface area contributed by atoms with E-state index in [-0.39, 0.29) is 24.0 Å². The molecule has 3 aromatic carbocycles. The first-order valence-corrected chi connectivity index (χ1v) is 18.2. The van der Waals surface area contributed by atoms with Gasteiger partial charge in [-0.2, -0.15) is 0 Å². The Kier molecular flexibility index (Phi) is 11.2. The van der Waals surface area contributed by atoms with Crippen molar-refractivity contribution in [1.29, 1.82) is 0 Å². The number of nitrogens with zero attached hydrogens (tertiary/aromatic N) is 3. The number of hydrogen-bond acceptors (Lipinski definition) is 5. The summed E-state index contributed by atoms with van der Waals surface area (Å²) >= 11 is 0. The van der Waals surface area contributed by atoms with Crippen molar-refractivity contribution < 1.29 is 19.1 Å². The Morgan fingerprint density at radius 1 is 0.898 bits per heavy atom. The van der Waals surface area contributed by atoms with Crippen LogP contribution in [0.2, 0.25) is 0 Å². The average molecular weight is 669 g/mol. The van der Waals surface area contributed by atoms with E-state index in [1.165, 1.54) is 16.8 Å². The molecule has 8 nitrogen and oxygen atoms in total. The molecule has 2 aliphatic rings. The van der Waals surface area contributed by atoms with Crippen LogP contribution < -0.4 is 19.7 Å². The van der Waals surface area contributed by atoms with Gasteiger partial charge in [-0.1, -0.05) is 74.5 Å². The van der Waals surface area contributed by atoms with Gasteiger partial charge in [0.15, 0.2) is 11.5 Å². The molecule has 0 bridgehead atoms. The molecule has 1 heterocycles. The first-order chi connectivity index (χ1) is 23.6. The number of benzene rings is 3. The molecule has 1 aliphatic heterocycles. The quantitative estimate of drug-likeness (QED) is 0.188. The van der Waals surface area contributed by atoms with Crippen LogP contribution >= 0.6 is 0 Å². The maximum absolute atomic E-state index is 14.9. The zero-order valence-electron chi connectivity index (χ0n) is 30.7. The molecule has 0 aromatic heterocycles. The molecular weight excluding hydrogens is 612 g/mol. The third-order valence-electron chi connectivity index (χ3n) is 11.2. The zero-order valence-corrected chi connectivity index (χ0v) is 30.7. The Labute approximate surface area is 293 Å². The smallest absolute Gasteiger partial charge is 0.321 e. The average Bonchev–Trinajstić information content (AvgIpc) is 3.39. The molecule has 3 amide bonds. The number of nitrogens with one attached hydrogen (secondary N) is 1. The van der Waals surface area contributed by atoms with E-state index in [0.29, 0.717) is 44.2 Å². The van der Waals surface area contributed by atoms with Gasteiger partial charge in [-0.15, -0.1) is 0 Å². The van der Waals surface area contributed by atoms with Crippen molar-refractivity contribution in [2.75, 3.05) is 44.8 Å². The first kappa shape index (κ1) is 36.1. The standard InChI is InChI=1S/C41H56N4O4/c1-8-28-42-36(46)29-44-38(47)45(39(6,9-2)33-21-17-23-35(48-10-3)37(33)49-11-4)30-40(44)24-26-41(27-25-40,32-19-13-12-14-20-32)43(7)34-22-16-15-18-31(34)5/h12-23H,8-11,24-30H2,1-7H3,(H,42,46). The summed E-state index contributed by atoms with van der Waals surface area (Å²) in [6.45, 7) is 14.6. The zero-order chi connectivity index (χ0) is 35.2. The molecule has 1 saturated heterocycles. The molecule has 49 heavy (non-hydrogen) atoms. The van der Waals surface area contributed by atoms with E-state index in [9.17, 15) is 9.59 Å². The van der Waals surface area contributed by atoms with Gasteiger partial charge in [-0.25, -0.2) is 4.79 Å². The summed E-state index contributed by atoms with van der Waals surface area (Å²) in [5.41, 5.74) is 3.17. The Morgan fingerprint density at radius 2 is 1.57 bits per heavy atom. The van der Waals surface area contributed by atoms with Gasteiger partial charge in [0.05, 0.1) is 29.8 Å². The maximum atomic E-state index is 14.9. The lowest BCUT2D eigenvalue weighted by Gasteiger charge is -2.52. The number of amides is 3. The van der Waals surface area contributed by atoms with E-state index in [0.717, 1.165) is 37.7 Å². The van der Waals surface area contributed by atoms with Crippen molar-refractivity contribution in [3.8, 4) is 11.5 Å². The molecule has 3 aromatic rings. The topological polar surface area (TPSA) is 74.4 Å². The minimum Gasteiger partial charge on any atom is -0.490 e. The van der Waals surface area contributed by atoms with Gasteiger partial charge < -0.3 is 29.5 Å². The van der Waals surface area contributed by atoms with Gasteiger partial charge >= 0.3 is 6.03 Å². The van der Waals surface area contributed by atoms with Crippen LogP contribution in [0.3, 0.4) is 0 Å². The molecule has 1 saturated carbocycles. The van der Waals surface area contributed by atoms with Crippen LogP contribution in [0.1, 0.15) is 89.8 Å². The van der Waals surface area contributed by atoms with Crippen molar-refractivity contribution in [3.63, 3.8) is 0 Å². The highest BCUT2D eigenvalue weighted by atomic mass is 16.5. The van der Waals surface area contributed by atoms with Crippen molar-refractivity contribution in [3.05, 3.63) is 89.5 Å². The van der Waals surface area contributed by atoms with Crippen LogP contribution in [0, 0.1) is 6.92 Å². The molecule has 1 atom stereocenters. The van der Waals surface area contributed by atoms with Crippen molar-refractivity contribution >= 4 is 17.6 Å². The first-order valence-electron chi connectivity index (χ1n) is 18.2. The van der Waals surface area contributed by atoms with E-state index >= 15 is 0 Å². The van der Waals surface area contributed by atoms with Gasteiger partial charge in [0.2, 0.25) is 5.91 Å². The van der Waals surface area contributed by atoms with Gasteiger partial charge in [-0.3, -0.25) is 4.79 Å². The molecule has 1 spiro atoms. The molecule has 5 rings (SSSR count). The maximum Gasteiger partial charge on any atom is 0.321 e. The van der Waals surface area contributed by atoms with E-state index in [1.54, 1.807) is 0 Å². The molecule has 8 heteroatoms. The largest absolute Gasteiger partial charge is 0.490 e. The van der Waals surface area contributed by atoms with E-state index in [2.05, 4.69) is 98.7 Å². The Hall–Kier alpha value is -4.20. The Bertz CT molecular complexity index is 1590. The highest BCUT2D eigenvalue weighted by molar-refractivity contribution is 5.87. The van der Waals surface area contributed by atoms with E-state index < -0.39 is 11.1 Å². The molecule has 1 aliphatic carbocycles. The van der Waals surface area contributed by atoms with Gasteiger partial charge in [0.1, 0.15) is 6.54 Å². The number of ether oxygens (including phenoxy) is 2. The molecule has 0 radical (unpaired) electrons. The third kappa shape index (κ3) is 6.71. The fraction of sp³-hybridized carbons (Fsp3) is 0.512. The lowest BCUT2D eigenvalue weighted by atomic mass is 9.67. The molecule has 1 unspecified atom stereocenters. The number of rotatable bonds is 14. The van der Waals surface area contributed by atoms with Crippen LogP contribution in [0.5, 0.6) is 11.5 Å². The van der Waals surface area contributed by atoms with Gasteiger partial charge in [-0.05, 0) is 89.5 Å². The second-order valence-electron chi connectivity index (χ2n) is 13.9. The predicted molar refractivity (Wildman–Crippen MR) is 197 cm³/mol. The SMILES string of the molecule is CCCNC(=O)CN1C(=O)N(C(C)(CC)c2cccc(OCC)c2OCC)CC12CCC(c1ccccc1)(N(C)c1ccccc1C)CC2. The third-order valence-corrected chi connectivity index (χ3v) is 11.2. The highest BCUT2D eigenvalue weighted by Crippen LogP contribution is 2.53. The lowest BCUT2D eigenvalue weighted by Crippen LogP contribution is -2.57. The minimum atomic E-state index is -0.692. The molecule has 2 fully saturated rings. The molecule has 1 N–H and O–H groups in total. The molecule has 264 valence electrons. The van der Waals surface area contributed by atoms with Crippen molar-refractivity contribution in [1.82, 2.24) is 15.1 Å². The number of carbonyl (C=O) groups is 2. The fourth-order valence-corrected chi connectivity index (χ4v) is 8.20. The Morgan fingerprint density at radius 3 is 2.20 bits per heavy atom. The van der Waals surface area contributed by atoms with E-state index in [4.69, 9.17) is 9.47 Å². The summed E-state index contributed by atoms with van der Waals surface area (Å²) in [7, 11) is 2.21. The Balaban J connectivity index is 1.57. The van der Waals surface area contributed by atoms with Crippen LogP contribution in [-0.2, 0) is 15.9 Å². The molecular formula is C41H56N4O4. The number of carbonyl (C=O) groups excluding carboxylic acids is 2. The summed E-state index contributed by atoms with van der Waals surface area (Å²) in [5, 5.41) is 3.04. The second kappa shape index (κ2) is 15.1. The number of aryl methyl sites for hydroxylation is 1. The van der Waals surface area contributed by atoms with Crippen LogP contribution in [0.25, 0.3) is 0 Å². The van der Waals surface area contributed by atoms with E-state index in [1.807, 2.05) is 42.7 Å². The number of hydrogen-bond donors (Lipinski definition) is 1. The lowest BCUT2D eigenvalue weighted by molar-refractivity contribution is -0.122. The van der Waals surface area contributed by atoms with Gasteiger partial charge in [0, 0.05) is 31.4 Å². The summed E-state index contributed by atoms with van der Waals surface area (Å²) in [6, 6.07) is 25.2. The number of para-hydroxylation sites is 2. The van der Waals surface area contributed by atoms with Gasteiger partial charge in [0.25, 0.3) is 0 Å². The predicted octanol–water partition coefficient (Wildman–Crippen LogP) is 8.03. The summed E-state index contributed by atoms with van der Waals surface area (Å²) in [6.07, 6.45) is 4.71. The van der Waals surface area contributed by atoms with Crippen molar-refractivity contribution in [2.45, 2.75) is 96.7 Å². The summed E-state index contributed by atoms with van der Waals surface area (Å²) in [5.74, 6) is 1.26. The normalized spacial score (nSPS) is 21.8. The summed E-state index contributed by atoms with van der Waals surface area (Å²) in [4.78, 5) is 34.6. The summed E-state index contributed by atoms with van der Waals surface area (Å²) < 4.78 is 12.3. The second-order valence-corrected chi connectivity index (χ2v) is 13.9. The van der Waals surface area contributed by atoms with Crippen LogP contribution in [-0.4, -0.2) is 67.2 Å². The van der Waals surface area contributed by atoms with Crippen molar-refractivity contribution in [2.24, 2.45) is 0 Å². The fourth-order valence-electron chi connectivity index (χ4n) is 8.20. The van der Waals surface area contributed by atoms with Crippen LogP contribution in [0.15, 0.2) is 72.8 Å². The minimum absolute atomic E-state index is 0.0401. The van der Waals surface area contributed by atoms with Crippen LogP contribution in [0.4, 0.5) is 10.5 Å². The number of urea groups is 1. The number of anilines is 1. The highest BCUT2D eigenvalue weighted by Gasteiger charge is 2.58.